The van der Waals surface area contributed by atoms with Crippen molar-refractivity contribution in [1.82, 2.24) is 0 Å². The second-order valence-corrected chi connectivity index (χ2v) is 4.57. The molecule has 2 rings (SSSR count). The van der Waals surface area contributed by atoms with Gasteiger partial charge in [-0.25, -0.2) is 4.39 Å². The first-order valence-corrected chi connectivity index (χ1v) is 5.44. The normalized spacial score (nSPS) is 24.2. The third-order valence-corrected chi connectivity index (χ3v) is 3.13. The Morgan fingerprint density at radius 3 is 2.44 bits per heavy atom. The Hall–Kier alpha value is -1.59. The standard InChI is InChI=1S/C12H12F4N2/c1-11(5-4-10(17)18-11)8-3-2-7(6-9(8)13)12(14,15)16/h2-3,6H,4-5H2,1H3,(H2,17,18)/t11-/m0/s1. The van der Waals surface area contributed by atoms with Crippen molar-refractivity contribution >= 4 is 5.84 Å². The molecule has 0 bridgehead atoms. The highest BCUT2D eigenvalue weighted by molar-refractivity contribution is 5.82. The van der Waals surface area contributed by atoms with Crippen LogP contribution in [0.1, 0.15) is 30.9 Å². The highest BCUT2D eigenvalue weighted by Crippen LogP contribution is 2.38. The van der Waals surface area contributed by atoms with Crippen molar-refractivity contribution in [2.45, 2.75) is 31.5 Å². The summed E-state index contributed by atoms with van der Waals surface area (Å²) in [5, 5.41) is 0. The fraction of sp³-hybridized carbons (Fsp3) is 0.417. The van der Waals surface area contributed by atoms with Crippen molar-refractivity contribution < 1.29 is 17.6 Å². The molecule has 1 heterocycles. The molecule has 0 radical (unpaired) electrons. The van der Waals surface area contributed by atoms with E-state index in [-0.39, 0.29) is 5.56 Å². The van der Waals surface area contributed by atoms with Gasteiger partial charge in [-0.2, -0.15) is 13.2 Å². The van der Waals surface area contributed by atoms with E-state index >= 15 is 0 Å². The van der Waals surface area contributed by atoms with Gasteiger partial charge in [-0.05, 0) is 25.5 Å². The minimum atomic E-state index is -4.54. The molecule has 1 aliphatic heterocycles. The van der Waals surface area contributed by atoms with Crippen molar-refractivity contribution in [3.63, 3.8) is 0 Å². The van der Waals surface area contributed by atoms with Gasteiger partial charge in [-0.1, -0.05) is 6.07 Å². The lowest BCUT2D eigenvalue weighted by atomic mass is 9.89. The Balaban J connectivity index is 2.43. The van der Waals surface area contributed by atoms with E-state index in [1.54, 1.807) is 6.92 Å². The molecule has 1 aliphatic rings. The van der Waals surface area contributed by atoms with E-state index in [2.05, 4.69) is 4.99 Å². The average molecular weight is 260 g/mol. The molecule has 98 valence electrons. The quantitative estimate of drug-likeness (QED) is 0.773. The zero-order chi connectivity index (χ0) is 13.6. The monoisotopic (exact) mass is 260 g/mol. The van der Waals surface area contributed by atoms with Crippen LogP contribution in [0.2, 0.25) is 0 Å². The molecule has 0 aromatic heterocycles. The summed E-state index contributed by atoms with van der Waals surface area (Å²) in [4.78, 5) is 4.12. The maximum absolute atomic E-state index is 13.8. The second kappa shape index (κ2) is 3.96. The number of nitrogens with two attached hydrogens (primary N) is 1. The van der Waals surface area contributed by atoms with E-state index in [1.807, 2.05) is 0 Å². The molecule has 1 aromatic carbocycles. The lowest BCUT2D eigenvalue weighted by molar-refractivity contribution is -0.137. The van der Waals surface area contributed by atoms with Gasteiger partial charge in [0.25, 0.3) is 0 Å². The van der Waals surface area contributed by atoms with Gasteiger partial charge >= 0.3 is 6.18 Å². The summed E-state index contributed by atoms with van der Waals surface area (Å²) < 4.78 is 51.1. The zero-order valence-corrected chi connectivity index (χ0v) is 9.68. The van der Waals surface area contributed by atoms with Crippen molar-refractivity contribution in [1.29, 1.82) is 0 Å². The van der Waals surface area contributed by atoms with Crippen LogP contribution >= 0.6 is 0 Å². The molecule has 0 spiro atoms. The van der Waals surface area contributed by atoms with Gasteiger partial charge in [-0.15, -0.1) is 0 Å². The first-order valence-electron chi connectivity index (χ1n) is 5.44. The Morgan fingerprint density at radius 1 is 1.33 bits per heavy atom. The van der Waals surface area contributed by atoms with E-state index in [9.17, 15) is 17.6 Å². The lowest BCUT2D eigenvalue weighted by Crippen LogP contribution is -2.18. The number of aliphatic imine (C=N–C) groups is 1. The molecule has 0 saturated heterocycles. The molecule has 1 aromatic rings. The van der Waals surface area contributed by atoms with Crippen LogP contribution in [0, 0.1) is 5.82 Å². The van der Waals surface area contributed by atoms with Crippen LogP contribution in [0.25, 0.3) is 0 Å². The third-order valence-electron chi connectivity index (χ3n) is 3.13. The zero-order valence-electron chi connectivity index (χ0n) is 9.68. The number of hydrogen-bond donors (Lipinski definition) is 1. The van der Waals surface area contributed by atoms with Crippen LogP contribution in [-0.4, -0.2) is 5.84 Å². The molecular formula is C12H12F4N2. The number of rotatable bonds is 1. The van der Waals surface area contributed by atoms with Gasteiger partial charge in [0.05, 0.1) is 16.9 Å². The van der Waals surface area contributed by atoms with Crippen LogP contribution in [0.4, 0.5) is 17.6 Å². The summed E-state index contributed by atoms with van der Waals surface area (Å²) in [7, 11) is 0. The summed E-state index contributed by atoms with van der Waals surface area (Å²) in [6.07, 6.45) is -3.52. The highest BCUT2D eigenvalue weighted by Gasteiger charge is 2.36. The van der Waals surface area contributed by atoms with Crippen molar-refractivity contribution in [3.05, 3.63) is 35.1 Å². The Kier molecular flexibility index (Phi) is 2.83. The largest absolute Gasteiger partial charge is 0.416 e. The number of benzene rings is 1. The van der Waals surface area contributed by atoms with E-state index in [0.717, 1.165) is 12.1 Å². The van der Waals surface area contributed by atoms with Crippen LogP contribution in [0.15, 0.2) is 23.2 Å². The number of halogens is 4. The molecule has 1 atom stereocenters. The second-order valence-electron chi connectivity index (χ2n) is 4.57. The third kappa shape index (κ3) is 2.19. The Morgan fingerprint density at radius 2 is 2.00 bits per heavy atom. The van der Waals surface area contributed by atoms with Crippen LogP contribution in [0.5, 0.6) is 0 Å². The van der Waals surface area contributed by atoms with Gasteiger partial charge in [0, 0.05) is 12.0 Å². The van der Waals surface area contributed by atoms with Crippen molar-refractivity contribution in [3.8, 4) is 0 Å². The van der Waals surface area contributed by atoms with Gasteiger partial charge < -0.3 is 5.73 Å². The lowest BCUT2D eigenvalue weighted by Gasteiger charge is -2.22. The van der Waals surface area contributed by atoms with E-state index in [1.165, 1.54) is 0 Å². The smallest absolute Gasteiger partial charge is 0.387 e. The van der Waals surface area contributed by atoms with E-state index < -0.39 is 23.1 Å². The molecule has 0 fully saturated rings. The average Bonchev–Trinajstić information content (AvgIpc) is 2.58. The first kappa shape index (κ1) is 12.9. The van der Waals surface area contributed by atoms with Gasteiger partial charge in [0.15, 0.2) is 0 Å². The number of amidine groups is 1. The minimum absolute atomic E-state index is 0.149. The van der Waals surface area contributed by atoms with Crippen LogP contribution in [-0.2, 0) is 11.7 Å². The fourth-order valence-electron chi connectivity index (χ4n) is 2.12. The summed E-state index contributed by atoms with van der Waals surface area (Å²) >= 11 is 0. The molecule has 0 aliphatic carbocycles. The predicted octanol–water partition coefficient (Wildman–Crippen LogP) is 3.21. The van der Waals surface area contributed by atoms with Crippen molar-refractivity contribution in [2.75, 3.05) is 0 Å². The molecular weight excluding hydrogens is 248 g/mol. The van der Waals surface area contributed by atoms with Gasteiger partial charge in [0.1, 0.15) is 5.82 Å². The summed E-state index contributed by atoms with van der Waals surface area (Å²) in [6.45, 7) is 1.67. The number of hydrogen-bond acceptors (Lipinski definition) is 2. The molecule has 6 heteroatoms. The number of nitrogens with zero attached hydrogens (tertiary/aromatic N) is 1. The first-order chi connectivity index (χ1) is 8.22. The van der Waals surface area contributed by atoms with E-state index in [4.69, 9.17) is 5.73 Å². The molecule has 0 unspecified atom stereocenters. The molecule has 0 amide bonds. The van der Waals surface area contributed by atoms with Gasteiger partial charge in [-0.3, -0.25) is 4.99 Å². The fourth-order valence-corrected chi connectivity index (χ4v) is 2.12. The molecule has 0 saturated carbocycles. The highest BCUT2D eigenvalue weighted by atomic mass is 19.4. The minimum Gasteiger partial charge on any atom is -0.387 e. The molecule has 2 nitrogen and oxygen atoms in total. The summed E-state index contributed by atoms with van der Waals surface area (Å²) in [5.74, 6) is -0.498. The Labute approximate surface area is 102 Å². The topological polar surface area (TPSA) is 38.4 Å². The maximum Gasteiger partial charge on any atom is 0.416 e. The summed E-state index contributed by atoms with van der Waals surface area (Å²) in [6, 6.07) is 2.51. The van der Waals surface area contributed by atoms with Gasteiger partial charge in [0.2, 0.25) is 0 Å². The molecule has 18 heavy (non-hydrogen) atoms. The van der Waals surface area contributed by atoms with E-state index in [0.29, 0.717) is 24.7 Å². The van der Waals surface area contributed by atoms with Crippen LogP contribution < -0.4 is 5.73 Å². The van der Waals surface area contributed by atoms with Crippen molar-refractivity contribution in [2.24, 2.45) is 10.7 Å². The maximum atomic E-state index is 13.8. The number of alkyl halides is 3. The summed E-state index contributed by atoms with van der Waals surface area (Å²) in [5.41, 5.74) is 3.83. The Bertz CT molecular complexity index is 507. The predicted molar refractivity (Wildman–Crippen MR) is 59.6 cm³/mol. The van der Waals surface area contributed by atoms with Crippen LogP contribution in [0.3, 0.4) is 0 Å². The SMILES string of the molecule is C[C@@]1(c2ccc(C(F)(F)F)cc2F)CCC(N)=N1. The molecule has 2 N–H and O–H groups in total.